The minimum Gasteiger partial charge on any atom is -0.315 e. The van der Waals surface area contributed by atoms with Gasteiger partial charge in [0.05, 0.1) is 0 Å². The van der Waals surface area contributed by atoms with Gasteiger partial charge in [-0.05, 0) is 25.8 Å². The van der Waals surface area contributed by atoms with E-state index in [0.29, 0.717) is 13.1 Å². The van der Waals surface area contributed by atoms with Crippen molar-refractivity contribution >= 4 is 22.6 Å². The fourth-order valence-corrected chi connectivity index (χ4v) is 3.95. The summed E-state index contributed by atoms with van der Waals surface area (Å²) in [6, 6.07) is 0.124. The van der Waals surface area contributed by atoms with Gasteiger partial charge in [0.25, 0.3) is 10.2 Å². The Morgan fingerprint density at radius 1 is 1.21 bits per heavy atom. The van der Waals surface area contributed by atoms with Crippen LogP contribution in [0.3, 0.4) is 0 Å². The monoisotopic (exact) mass is 313 g/mol. The maximum atomic E-state index is 12.5. The third-order valence-electron chi connectivity index (χ3n) is 3.40. The first-order valence-electron chi connectivity index (χ1n) is 6.97. The van der Waals surface area contributed by atoms with Crippen LogP contribution >= 0.6 is 12.4 Å². The highest BCUT2D eigenvalue weighted by molar-refractivity contribution is 7.86. The van der Waals surface area contributed by atoms with E-state index >= 15 is 0 Å². The standard InChI is InChI=1S/C12H27N3O2S.ClH/c1-4-6-10-14(3)18(16,17)15(9-5-2)12-7-8-13-11-12;/h12-13H,4-11H2,1-3H3;1H. The summed E-state index contributed by atoms with van der Waals surface area (Å²) >= 11 is 0. The zero-order chi connectivity index (χ0) is 13.6. The first-order chi connectivity index (χ1) is 8.54. The molecule has 1 fully saturated rings. The van der Waals surface area contributed by atoms with Crippen molar-refractivity contribution in [2.45, 2.75) is 45.6 Å². The summed E-state index contributed by atoms with van der Waals surface area (Å²) in [7, 11) is -1.60. The molecule has 7 heteroatoms. The van der Waals surface area contributed by atoms with E-state index in [1.165, 1.54) is 4.31 Å². The van der Waals surface area contributed by atoms with Gasteiger partial charge < -0.3 is 5.32 Å². The van der Waals surface area contributed by atoms with Crippen molar-refractivity contribution in [2.24, 2.45) is 0 Å². The molecule has 1 heterocycles. The van der Waals surface area contributed by atoms with Gasteiger partial charge in [-0.2, -0.15) is 17.0 Å². The molecule has 0 amide bonds. The predicted molar refractivity (Wildman–Crippen MR) is 82.0 cm³/mol. The second-order valence-electron chi connectivity index (χ2n) is 4.94. The minimum absolute atomic E-state index is 0. The Balaban J connectivity index is 0.00000324. The lowest BCUT2D eigenvalue weighted by molar-refractivity contribution is 0.303. The van der Waals surface area contributed by atoms with Crippen LogP contribution in [0, 0.1) is 0 Å². The smallest absolute Gasteiger partial charge is 0.282 e. The highest BCUT2D eigenvalue weighted by Gasteiger charge is 2.33. The second-order valence-corrected chi connectivity index (χ2v) is 6.93. The molecule has 0 bridgehead atoms. The Morgan fingerprint density at radius 2 is 1.89 bits per heavy atom. The van der Waals surface area contributed by atoms with Gasteiger partial charge >= 0.3 is 0 Å². The average Bonchev–Trinajstić information content (AvgIpc) is 2.85. The summed E-state index contributed by atoms with van der Waals surface area (Å²) in [6.45, 7) is 7.02. The molecule has 0 aromatic rings. The van der Waals surface area contributed by atoms with Crippen LogP contribution in [-0.2, 0) is 10.2 Å². The maximum Gasteiger partial charge on any atom is 0.282 e. The zero-order valence-electron chi connectivity index (χ0n) is 12.3. The quantitative estimate of drug-likeness (QED) is 0.738. The summed E-state index contributed by atoms with van der Waals surface area (Å²) in [5.41, 5.74) is 0. The van der Waals surface area contributed by atoms with Crippen LogP contribution in [0.15, 0.2) is 0 Å². The van der Waals surface area contributed by atoms with Gasteiger partial charge in [0.15, 0.2) is 0 Å². The molecular formula is C12H28ClN3O2S. The van der Waals surface area contributed by atoms with Crippen molar-refractivity contribution in [2.75, 3.05) is 33.2 Å². The average molecular weight is 314 g/mol. The van der Waals surface area contributed by atoms with Crippen molar-refractivity contribution in [3.05, 3.63) is 0 Å². The Kier molecular flexibility index (Phi) is 9.19. The molecule has 0 spiro atoms. The molecule has 5 nitrogen and oxygen atoms in total. The van der Waals surface area contributed by atoms with Crippen molar-refractivity contribution < 1.29 is 8.42 Å². The lowest BCUT2D eigenvalue weighted by Gasteiger charge is -2.31. The summed E-state index contributed by atoms with van der Waals surface area (Å²) in [6.07, 6.45) is 3.70. The molecule has 116 valence electrons. The first kappa shape index (κ1) is 19.1. The number of nitrogens with zero attached hydrogens (tertiary/aromatic N) is 2. The summed E-state index contributed by atoms with van der Waals surface area (Å²) in [4.78, 5) is 0. The van der Waals surface area contributed by atoms with Gasteiger partial charge in [-0.3, -0.25) is 0 Å². The molecule has 1 aliphatic rings. The number of nitrogens with one attached hydrogen (secondary N) is 1. The Bertz CT molecular complexity index is 332. The van der Waals surface area contributed by atoms with Gasteiger partial charge in [0.1, 0.15) is 0 Å². The van der Waals surface area contributed by atoms with E-state index in [1.807, 2.05) is 6.92 Å². The molecule has 1 unspecified atom stereocenters. The van der Waals surface area contributed by atoms with E-state index in [9.17, 15) is 8.42 Å². The number of rotatable bonds is 8. The molecule has 0 aromatic carbocycles. The SMILES string of the molecule is CCCCN(C)S(=O)(=O)N(CCC)C1CCNC1.Cl. The minimum atomic E-state index is -3.29. The Hall–Kier alpha value is 0.120. The highest BCUT2D eigenvalue weighted by atomic mass is 35.5. The van der Waals surface area contributed by atoms with Crippen LogP contribution in [0.5, 0.6) is 0 Å². The molecule has 0 aromatic heterocycles. The topological polar surface area (TPSA) is 52.7 Å². The zero-order valence-corrected chi connectivity index (χ0v) is 13.9. The second kappa shape index (κ2) is 9.13. The summed E-state index contributed by atoms with van der Waals surface area (Å²) in [5, 5.41) is 3.24. The molecule has 19 heavy (non-hydrogen) atoms. The lowest BCUT2D eigenvalue weighted by atomic mass is 10.2. The largest absolute Gasteiger partial charge is 0.315 e. The van der Waals surface area contributed by atoms with Crippen LogP contribution in [0.2, 0.25) is 0 Å². The molecule has 1 rings (SSSR count). The van der Waals surface area contributed by atoms with E-state index in [4.69, 9.17) is 0 Å². The lowest BCUT2D eigenvalue weighted by Crippen LogP contribution is -2.48. The third-order valence-corrected chi connectivity index (χ3v) is 5.45. The fraction of sp³-hybridized carbons (Fsp3) is 1.00. The van der Waals surface area contributed by atoms with Gasteiger partial charge in [-0.1, -0.05) is 20.3 Å². The normalized spacial score (nSPS) is 19.9. The fourth-order valence-electron chi connectivity index (χ4n) is 2.27. The molecule has 1 atom stereocenters. The number of halogens is 1. The van der Waals surface area contributed by atoms with Gasteiger partial charge in [0, 0.05) is 32.7 Å². The maximum absolute atomic E-state index is 12.5. The van der Waals surface area contributed by atoms with Crippen LogP contribution in [0.1, 0.15) is 39.5 Å². The number of hydrogen-bond donors (Lipinski definition) is 1. The molecule has 1 N–H and O–H groups in total. The molecule has 1 aliphatic heterocycles. The molecule has 0 radical (unpaired) electrons. The van der Waals surface area contributed by atoms with Crippen molar-refractivity contribution in [1.82, 2.24) is 13.9 Å². The molecule has 0 saturated carbocycles. The van der Waals surface area contributed by atoms with Gasteiger partial charge in [-0.15, -0.1) is 12.4 Å². The van der Waals surface area contributed by atoms with E-state index in [1.54, 1.807) is 11.4 Å². The summed E-state index contributed by atoms with van der Waals surface area (Å²) < 4.78 is 28.3. The Labute approximate surface area is 124 Å². The number of unbranched alkanes of at least 4 members (excludes halogenated alkanes) is 1. The van der Waals surface area contributed by atoms with E-state index < -0.39 is 10.2 Å². The van der Waals surface area contributed by atoms with E-state index in [0.717, 1.165) is 38.8 Å². The summed E-state index contributed by atoms with van der Waals surface area (Å²) in [5.74, 6) is 0. The van der Waals surface area contributed by atoms with Crippen LogP contribution in [0.25, 0.3) is 0 Å². The molecule has 0 aliphatic carbocycles. The van der Waals surface area contributed by atoms with Crippen LogP contribution in [0.4, 0.5) is 0 Å². The van der Waals surface area contributed by atoms with Gasteiger partial charge in [0.2, 0.25) is 0 Å². The van der Waals surface area contributed by atoms with Crippen molar-refractivity contribution in [3.8, 4) is 0 Å². The highest BCUT2D eigenvalue weighted by Crippen LogP contribution is 2.17. The third kappa shape index (κ3) is 5.19. The Morgan fingerprint density at radius 3 is 2.37 bits per heavy atom. The van der Waals surface area contributed by atoms with Gasteiger partial charge in [-0.25, -0.2) is 0 Å². The van der Waals surface area contributed by atoms with E-state index in [2.05, 4.69) is 12.2 Å². The van der Waals surface area contributed by atoms with Crippen molar-refractivity contribution in [1.29, 1.82) is 0 Å². The molecular weight excluding hydrogens is 286 g/mol. The van der Waals surface area contributed by atoms with Crippen LogP contribution in [-0.4, -0.2) is 56.3 Å². The molecule has 1 saturated heterocycles. The predicted octanol–water partition coefficient (Wildman–Crippen LogP) is 1.46. The van der Waals surface area contributed by atoms with E-state index in [-0.39, 0.29) is 18.4 Å². The van der Waals surface area contributed by atoms with Crippen LogP contribution < -0.4 is 5.32 Å². The number of hydrogen-bond acceptors (Lipinski definition) is 3. The van der Waals surface area contributed by atoms with Crippen molar-refractivity contribution in [3.63, 3.8) is 0 Å². The first-order valence-corrected chi connectivity index (χ1v) is 8.37.